The van der Waals surface area contributed by atoms with Gasteiger partial charge in [-0.3, -0.25) is 0 Å². The van der Waals surface area contributed by atoms with E-state index in [9.17, 15) is 4.79 Å². The number of para-hydroxylation sites is 1. The Morgan fingerprint density at radius 1 is 0.943 bits per heavy atom. The number of anilines is 5. The minimum Gasteiger partial charge on any atom is -0.457 e. The van der Waals surface area contributed by atoms with Crippen molar-refractivity contribution in [3.05, 3.63) is 54.6 Å². The van der Waals surface area contributed by atoms with Gasteiger partial charge in [0.25, 0.3) is 0 Å². The topological polar surface area (TPSA) is 143 Å². The predicted molar refractivity (Wildman–Crippen MR) is 141 cm³/mol. The zero-order valence-corrected chi connectivity index (χ0v) is 19.8. The van der Waals surface area contributed by atoms with Crippen molar-refractivity contribution in [2.45, 2.75) is 6.54 Å². The molecule has 0 unspecified atom stereocenters. The molecule has 0 saturated carbocycles. The molecular formula is C24H29N9O2. The second-order valence-electron chi connectivity index (χ2n) is 7.58. The number of fused-ring (bicyclic) bond motifs is 1. The summed E-state index contributed by atoms with van der Waals surface area (Å²) in [5, 5.41) is 15.0. The highest BCUT2D eigenvalue weighted by Crippen LogP contribution is 2.34. The second kappa shape index (κ2) is 10.5. The molecule has 0 spiro atoms. The highest BCUT2D eigenvalue weighted by atomic mass is 16.5. The molecule has 0 bridgehead atoms. The van der Waals surface area contributed by atoms with E-state index in [2.05, 4.69) is 36.6 Å². The van der Waals surface area contributed by atoms with Gasteiger partial charge in [0.05, 0.1) is 0 Å². The number of nitrogens with one attached hydrogen (secondary N) is 5. The first-order valence-electron chi connectivity index (χ1n) is 11.1. The zero-order chi connectivity index (χ0) is 24.8. The molecule has 4 aromatic rings. The van der Waals surface area contributed by atoms with Crippen LogP contribution in [0.1, 0.15) is 0 Å². The van der Waals surface area contributed by atoms with Gasteiger partial charge in [-0.2, -0.15) is 0 Å². The fraction of sp³-hybridized carbons (Fsp3) is 0.208. The number of rotatable bonds is 9. The molecule has 0 atom stereocenters. The Labute approximate surface area is 203 Å². The maximum absolute atomic E-state index is 12.5. The number of imidazole rings is 1. The molecular weight excluding hydrogens is 446 g/mol. The molecule has 0 aliphatic rings. The van der Waals surface area contributed by atoms with Gasteiger partial charge >= 0.3 is 6.03 Å². The van der Waals surface area contributed by atoms with Crippen LogP contribution in [0.25, 0.3) is 11.0 Å². The molecule has 0 aliphatic carbocycles. The van der Waals surface area contributed by atoms with Crippen LogP contribution < -0.4 is 37.1 Å². The van der Waals surface area contributed by atoms with Gasteiger partial charge in [-0.05, 0) is 36.4 Å². The number of aromatic nitrogens is 3. The van der Waals surface area contributed by atoms with E-state index in [-0.39, 0.29) is 6.03 Å². The molecule has 2 amide bonds. The van der Waals surface area contributed by atoms with Crippen molar-refractivity contribution in [1.29, 1.82) is 0 Å². The van der Waals surface area contributed by atoms with Crippen LogP contribution in [0, 0.1) is 0 Å². The minimum atomic E-state index is -0.317. The molecule has 2 aromatic heterocycles. The van der Waals surface area contributed by atoms with Gasteiger partial charge in [-0.15, -0.1) is 0 Å². The summed E-state index contributed by atoms with van der Waals surface area (Å²) in [6.07, 6.45) is 0. The van der Waals surface area contributed by atoms with Crippen LogP contribution >= 0.6 is 0 Å². The normalized spacial score (nSPS) is 10.6. The van der Waals surface area contributed by atoms with E-state index in [1.807, 2.05) is 41.9 Å². The maximum Gasteiger partial charge on any atom is 0.319 e. The molecule has 2 aromatic carbocycles. The van der Waals surface area contributed by atoms with Crippen molar-refractivity contribution in [1.82, 2.24) is 19.9 Å². The summed E-state index contributed by atoms with van der Waals surface area (Å²) in [6, 6.07) is 16.4. The van der Waals surface area contributed by atoms with E-state index in [0.717, 1.165) is 17.0 Å². The van der Waals surface area contributed by atoms with Crippen molar-refractivity contribution < 1.29 is 9.53 Å². The van der Waals surface area contributed by atoms with Crippen LogP contribution in [-0.2, 0) is 6.54 Å². The largest absolute Gasteiger partial charge is 0.457 e. The third kappa shape index (κ3) is 5.13. The lowest BCUT2D eigenvalue weighted by atomic mass is 10.3. The lowest BCUT2D eigenvalue weighted by Crippen LogP contribution is -2.31. The number of nitrogens with zero attached hydrogens (tertiary/aromatic N) is 3. The molecule has 0 radical (unpaired) electrons. The molecule has 11 nitrogen and oxygen atoms in total. The number of ether oxygens (including phenoxy) is 1. The smallest absolute Gasteiger partial charge is 0.319 e. The van der Waals surface area contributed by atoms with Crippen LogP contribution in [-0.4, -0.2) is 48.3 Å². The van der Waals surface area contributed by atoms with Gasteiger partial charge in [-0.1, -0.05) is 18.2 Å². The lowest BCUT2D eigenvalue weighted by Gasteiger charge is -2.15. The van der Waals surface area contributed by atoms with Crippen molar-refractivity contribution >= 4 is 46.0 Å². The molecule has 11 heteroatoms. The standard InChI is InChI=1S/C24H29N9O2/c1-26-19-20-18(21(25)32-22(19)27-2)31-23(28-3)33(20)14-13-29-24(34)30-15-9-11-17(12-10-15)35-16-7-5-4-6-8-16/h4-12,26H,13-14H2,1-3H3,(H,28,31)(H3,25,27,32)(H2,29,30,34). The summed E-state index contributed by atoms with van der Waals surface area (Å²) in [7, 11) is 5.37. The molecule has 182 valence electrons. The quantitative estimate of drug-likeness (QED) is 0.215. The monoisotopic (exact) mass is 475 g/mol. The van der Waals surface area contributed by atoms with Crippen LogP contribution in [0.5, 0.6) is 11.5 Å². The van der Waals surface area contributed by atoms with Gasteiger partial charge in [0.2, 0.25) is 5.95 Å². The highest BCUT2D eigenvalue weighted by Gasteiger charge is 2.19. The fourth-order valence-corrected chi connectivity index (χ4v) is 3.74. The average Bonchev–Trinajstić information content (AvgIpc) is 3.25. The van der Waals surface area contributed by atoms with E-state index >= 15 is 0 Å². The average molecular weight is 476 g/mol. The molecule has 7 N–H and O–H groups in total. The Bertz CT molecular complexity index is 1300. The number of hydrogen-bond donors (Lipinski definition) is 6. The van der Waals surface area contributed by atoms with Gasteiger partial charge < -0.3 is 41.6 Å². The number of nitrogen functional groups attached to an aromatic ring is 1. The summed E-state index contributed by atoms with van der Waals surface area (Å²) in [6.45, 7) is 0.826. The Morgan fingerprint density at radius 2 is 1.66 bits per heavy atom. The number of carbonyl (C=O) groups is 1. The highest BCUT2D eigenvalue weighted by molar-refractivity contribution is 6.01. The first-order valence-corrected chi connectivity index (χ1v) is 11.1. The van der Waals surface area contributed by atoms with Gasteiger partial charge in [0, 0.05) is 39.9 Å². The molecule has 0 saturated heterocycles. The Morgan fingerprint density at radius 3 is 2.31 bits per heavy atom. The van der Waals surface area contributed by atoms with Crippen molar-refractivity contribution in [2.75, 3.05) is 54.7 Å². The van der Waals surface area contributed by atoms with E-state index in [4.69, 9.17) is 10.5 Å². The minimum absolute atomic E-state index is 0.317. The number of nitrogens with two attached hydrogens (primary N) is 1. The van der Waals surface area contributed by atoms with Gasteiger partial charge in [-0.25, -0.2) is 14.8 Å². The Balaban J connectivity index is 1.40. The summed E-state index contributed by atoms with van der Waals surface area (Å²) in [4.78, 5) is 21.4. The number of urea groups is 1. The first kappa shape index (κ1) is 23.5. The van der Waals surface area contributed by atoms with E-state index in [1.165, 1.54) is 0 Å². The number of benzene rings is 2. The number of carbonyl (C=O) groups excluding carboxylic acids is 1. The zero-order valence-electron chi connectivity index (χ0n) is 19.8. The summed E-state index contributed by atoms with van der Waals surface area (Å²) < 4.78 is 7.73. The van der Waals surface area contributed by atoms with Crippen molar-refractivity contribution in [2.24, 2.45) is 0 Å². The van der Waals surface area contributed by atoms with Crippen molar-refractivity contribution in [3.8, 4) is 11.5 Å². The Kier molecular flexibility index (Phi) is 7.05. The molecule has 4 rings (SSSR count). The first-order chi connectivity index (χ1) is 17.0. The number of hydrogen-bond acceptors (Lipinski definition) is 8. The lowest BCUT2D eigenvalue weighted by molar-refractivity contribution is 0.251. The number of pyridine rings is 1. The molecule has 35 heavy (non-hydrogen) atoms. The van der Waals surface area contributed by atoms with Gasteiger partial charge in [0.1, 0.15) is 28.2 Å². The van der Waals surface area contributed by atoms with Crippen molar-refractivity contribution in [3.63, 3.8) is 0 Å². The van der Waals surface area contributed by atoms with Crippen LogP contribution in [0.15, 0.2) is 54.6 Å². The van der Waals surface area contributed by atoms with Gasteiger partial charge in [0.15, 0.2) is 11.6 Å². The second-order valence-corrected chi connectivity index (χ2v) is 7.58. The van der Waals surface area contributed by atoms with Crippen LogP contribution in [0.3, 0.4) is 0 Å². The third-order valence-electron chi connectivity index (χ3n) is 5.34. The van der Waals surface area contributed by atoms with Crippen LogP contribution in [0.4, 0.5) is 33.8 Å². The Hall–Kier alpha value is -4.67. The molecule has 0 aliphatic heterocycles. The summed E-state index contributed by atoms with van der Waals surface area (Å²) in [5.74, 6) is 2.99. The summed E-state index contributed by atoms with van der Waals surface area (Å²) in [5.41, 5.74) is 8.94. The predicted octanol–water partition coefficient (Wildman–Crippen LogP) is 3.75. The van der Waals surface area contributed by atoms with E-state index < -0.39 is 0 Å². The fourth-order valence-electron chi connectivity index (χ4n) is 3.74. The summed E-state index contributed by atoms with van der Waals surface area (Å²) >= 11 is 0. The van der Waals surface area contributed by atoms with E-state index in [0.29, 0.717) is 47.6 Å². The number of amides is 2. The maximum atomic E-state index is 12.5. The van der Waals surface area contributed by atoms with E-state index in [1.54, 1.807) is 38.4 Å². The molecule has 0 fully saturated rings. The SMILES string of the molecule is CNc1nc(N)c2nc(NC)n(CCNC(=O)Nc3ccc(Oc4ccccc4)cc3)c2c1NC. The van der Waals surface area contributed by atoms with Crippen LogP contribution in [0.2, 0.25) is 0 Å². The third-order valence-corrected chi connectivity index (χ3v) is 5.34. The molecule has 2 heterocycles.